The lowest BCUT2D eigenvalue weighted by atomic mass is 10.2. The summed E-state index contributed by atoms with van der Waals surface area (Å²) in [5.41, 5.74) is 1.52. The summed E-state index contributed by atoms with van der Waals surface area (Å²) in [5.74, 6) is -0.395. The van der Waals surface area contributed by atoms with Crippen molar-refractivity contribution in [3.8, 4) is 0 Å². The van der Waals surface area contributed by atoms with E-state index < -0.39 is 0 Å². The lowest BCUT2D eigenvalue weighted by molar-refractivity contribution is 0.0946. The van der Waals surface area contributed by atoms with Crippen LogP contribution in [0.2, 0.25) is 0 Å². The molecular weight excluding hydrogens is 278 g/mol. The number of benzene rings is 1. The van der Waals surface area contributed by atoms with Crippen molar-refractivity contribution in [2.75, 3.05) is 11.9 Å². The van der Waals surface area contributed by atoms with Gasteiger partial charge >= 0.3 is 0 Å². The van der Waals surface area contributed by atoms with E-state index in [-0.39, 0.29) is 23.6 Å². The highest BCUT2D eigenvalue weighted by molar-refractivity contribution is 6.07. The third-order valence-electron chi connectivity index (χ3n) is 3.60. The topological polar surface area (TPSA) is 62.3 Å². The van der Waals surface area contributed by atoms with Gasteiger partial charge in [-0.15, -0.1) is 0 Å². The molecule has 3 rings (SSSR count). The van der Waals surface area contributed by atoms with Crippen molar-refractivity contribution in [2.45, 2.75) is 18.9 Å². The van der Waals surface area contributed by atoms with Gasteiger partial charge in [0, 0.05) is 30.5 Å². The van der Waals surface area contributed by atoms with Crippen molar-refractivity contribution in [1.82, 2.24) is 10.3 Å². The number of carbonyl (C=O) groups excluding carboxylic acids is 2. The van der Waals surface area contributed by atoms with Crippen LogP contribution < -0.4 is 10.2 Å². The van der Waals surface area contributed by atoms with Crippen LogP contribution in [-0.4, -0.2) is 29.9 Å². The zero-order chi connectivity index (χ0) is 15.5. The van der Waals surface area contributed by atoms with Crippen LogP contribution in [0.1, 0.15) is 33.7 Å². The molecule has 0 radical (unpaired) electrons. The fourth-order valence-corrected chi connectivity index (χ4v) is 2.14. The summed E-state index contributed by atoms with van der Waals surface area (Å²) >= 11 is 0. The number of rotatable bonds is 4. The second-order valence-electron chi connectivity index (χ2n) is 5.38. The molecule has 1 N–H and O–H groups in total. The van der Waals surface area contributed by atoms with E-state index in [0.29, 0.717) is 5.56 Å². The Balaban J connectivity index is 1.79. The summed E-state index contributed by atoms with van der Waals surface area (Å²) in [5, 5.41) is 2.87. The molecular formula is C17H17N3O2. The van der Waals surface area contributed by atoms with E-state index in [1.165, 1.54) is 6.20 Å². The molecule has 2 amide bonds. The summed E-state index contributed by atoms with van der Waals surface area (Å²) in [4.78, 5) is 30.1. The normalized spacial score (nSPS) is 13.5. The highest BCUT2D eigenvalue weighted by atomic mass is 16.2. The van der Waals surface area contributed by atoms with E-state index in [0.717, 1.165) is 18.5 Å². The number of aromatic nitrogens is 1. The Morgan fingerprint density at radius 3 is 2.59 bits per heavy atom. The standard InChI is InChI=1S/C17H17N3O2/c1-20(14-5-3-2-4-6-14)17(22)12-9-10-18-15(11-12)16(21)19-13-7-8-13/h2-6,9-11,13H,7-8H2,1H3,(H,19,21). The monoisotopic (exact) mass is 295 g/mol. The van der Waals surface area contributed by atoms with Gasteiger partial charge in [-0.05, 0) is 37.1 Å². The predicted molar refractivity (Wildman–Crippen MR) is 83.9 cm³/mol. The SMILES string of the molecule is CN(C(=O)c1ccnc(C(=O)NC2CC2)c1)c1ccccc1. The second-order valence-corrected chi connectivity index (χ2v) is 5.38. The molecule has 1 fully saturated rings. The van der Waals surface area contributed by atoms with Crippen LogP contribution in [0.25, 0.3) is 0 Å². The van der Waals surface area contributed by atoms with Gasteiger partial charge in [0.2, 0.25) is 0 Å². The van der Waals surface area contributed by atoms with Crippen molar-refractivity contribution in [1.29, 1.82) is 0 Å². The minimum atomic E-state index is -0.223. The van der Waals surface area contributed by atoms with Gasteiger partial charge in [-0.2, -0.15) is 0 Å². The maximum atomic E-state index is 12.5. The van der Waals surface area contributed by atoms with Crippen LogP contribution in [-0.2, 0) is 0 Å². The lowest BCUT2D eigenvalue weighted by Crippen LogP contribution is -2.28. The Labute approximate surface area is 129 Å². The molecule has 5 heteroatoms. The van der Waals surface area contributed by atoms with Gasteiger partial charge in [-0.25, -0.2) is 0 Å². The van der Waals surface area contributed by atoms with E-state index in [2.05, 4.69) is 10.3 Å². The number of para-hydroxylation sites is 1. The Morgan fingerprint density at radius 2 is 1.91 bits per heavy atom. The van der Waals surface area contributed by atoms with E-state index in [1.54, 1.807) is 24.1 Å². The van der Waals surface area contributed by atoms with Crippen molar-refractivity contribution in [3.63, 3.8) is 0 Å². The van der Waals surface area contributed by atoms with Gasteiger partial charge in [0.15, 0.2) is 0 Å². The van der Waals surface area contributed by atoms with Gasteiger partial charge in [-0.1, -0.05) is 18.2 Å². The summed E-state index contributed by atoms with van der Waals surface area (Å²) in [6.45, 7) is 0. The zero-order valence-electron chi connectivity index (χ0n) is 12.3. The van der Waals surface area contributed by atoms with Gasteiger partial charge in [0.1, 0.15) is 5.69 Å². The van der Waals surface area contributed by atoms with Gasteiger partial charge in [-0.3, -0.25) is 14.6 Å². The second kappa shape index (κ2) is 5.97. The largest absolute Gasteiger partial charge is 0.348 e. The quantitative estimate of drug-likeness (QED) is 0.941. The van der Waals surface area contributed by atoms with Crippen LogP contribution in [0.3, 0.4) is 0 Å². The Kier molecular flexibility index (Phi) is 3.87. The molecule has 0 bridgehead atoms. The van der Waals surface area contributed by atoms with E-state index in [4.69, 9.17) is 0 Å². The fourth-order valence-electron chi connectivity index (χ4n) is 2.14. The molecule has 0 atom stereocenters. The van der Waals surface area contributed by atoms with Crippen molar-refractivity contribution < 1.29 is 9.59 Å². The Morgan fingerprint density at radius 1 is 1.18 bits per heavy atom. The number of carbonyl (C=O) groups is 2. The number of nitrogens with zero attached hydrogens (tertiary/aromatic N) is 2. The van der Waals surface area contributed by atoms with Gasteiger partial charge in [0.05, 0.1) is 0 Å². The highest BCUT2D eigenvalue weighted by Crippen LogP contribution is 2.19. The first-order chi connectivity index (χ1) is 10.6. The number of pyridine rings is 1. The first kappa shape index (κ1) is 14.3. The highest BCUT2D eigenvalue weighted by Gasteiger charge is 2.24. The van der Waals surface area contributed by atoms with Crippen molar-refractivity contribution >= 4 is 17.5 Å². The molecule has 22 heavy (non-hydrogen) atoms. The average molecular weight is 295 g/mol. The van der Waals surface area contributed by atoms with E-state index in [1.807, 2.05) is 30.3 Å². The minimum Gasteiger partial charge on any atom is -0.348 e. The Bertz CT molecular complexity index is 696. The molecule has 1 aliphatic rings. The molecule has 5 nitrogen and oxygen atoms in total. The van der Waals surface area contributed by atoms with Crippen LogP contribution in [0.5, 0.6) is 0 Å². The molecule has 0 spiro atoms. The first-order valence-electron chi connectivity index (χ1n) is 7.25. The van der Waals surface area contributed by atoms with E-state index >= 15 is 0 Å². The maximum absolute atomic E-state index is 12.5. The maximum Gasteiger partial charge on any atom is 0.270 e. The summed E-state index contributed by atoms with van der Waals surface area (Å²) in [6, 6.07) is 12.8. The van der Waals surface area contributed by atoms with E-state index in [9.17, 15) is 9.59 Å². The van der Waals surface area contributed by atoms with Crippen LogP contribution >= 0.6 is 0 Å². The molecule has 1 heterocycles. The summed E-state index contributed by atoms with van der Waals surface area (Å²) in [6.07, 6.45) is 3.52. The summed E-state index contributed by atoms with van der Waals surface area (Å²) < 4.78 is 0. The van der Waals surface area contributed by atoms with Crippen molar-refractivity contribution in [3.05, 3.63) is 59.9 Å². The van der Waals surface area contributed by atoms with Crippen molar-refractivity contribution in [2.24, 2.45) is 0 Å². The van der Waals surface area contributed by atoms with Gasteiger partial charge < -0.3 is 10.2 Å². The summed E-state index contributed by atoms with van der Waals surface area (Å²) in [7, 11) is 1.71. The van der Waals surface area contributed by atoms with Crippen LogP contribution in [0.4, 0.5) is 5.69 Å². The molecule has 0 saturated heterocycles. The molecule has 0 unspecified atom stereocenters. The molecule has 0 aliphatic heterocycles. The zero-order valence-corrected chi connectivity index (χ0v) is 12.3. The molecule has 1 aromatic heterocycles. The number of hydrogen-bond acceptors (Lipinski definition) is 3. The smallest absolute Gasteiger partial charge is 0.270 e. The fraction of sp³-hybridized carbons (Fsp3) is 0.235. The average Bonchev–Trinajstić information content (AvgIpc) is 3.38. The van der Waals surface area contributed by atoms with Gasteiger partial charge in [0.25, 0.3) is 11.8 Å². The first-order valence-corrected chi connectivity index (χ1v) is 7.25. The molecule has 112 valence electrons. The predicted octanol–water partition coefficient (Wildman–Crippen LogP) is 2.25. The molecule has 1 aliphatic carbocycles. The molecule has 1 aromatic carbocycles. The van der Waals surface area contributed by atoms with Crippen LogP contribution in [0.15, 0.2) is 48.7 Å². The molecule has 1 saturated carbocycles. The minimum absolute atomic E-state index is 0.172. The van der Waals surface area contributed by atoms with Crippen LogP contribution in [0, 0.1) is 0 Å². The third kappa shape index (κ3) is 3.14. The number of nitrogens with one attached hydrogen (secondary N) is 1. The third-order valence-corrected chi connectivity index (χ3v) is 3.60. The number of amides is 2. The Hall–Kier alpha value is -2.69. The number of hydrogen-bond donors (Lipinski definition) is 1. The number of anilines is 1. The molecule has 2 aromatic rings. The lowest BCUT2D eigenvalue weighted by Gasteiger charge is -2.17.